The van der Waals surface area contributed by atoms with Crippen molar-refractivity contribution in [3.05, 3.63) is 11.6 Å². The minimum absolute atomic E-state index is 0. The lowest BCUT2D eigenvalue weighted by Gasteiger charge is -2.06. The summed E-state index contributed by atoms with van der Waals surface area (Å²) in [6.07, 6.45) is 0. The number of nitrogens with two attached hydrogens (primary N) is 2. The molecule has 0 unspecified atom stereocenters. The van der Waals surface area contributed by atoms with E-state index in [9.17, 15) is 9.59 Å². The first-order chi connectivity index (χ1) is 10.4. The van der Waals surface area contributed by atoms with Crippen molar-refractivity contribution in [2.24, 2.45) is 0 Å². The predicted octanol–water partition coefficient (Wildman–Crippen LogP) is -5.98. The van der Waals surface area contributed by atoms with Crippen LogP contribution in [-0.4, -0.2) is 71.0 Å². The van der Waals surface area contributed by atoms with Crippen molar-refractivity contribution in [1.82, 2.24) is 20.4 Å². The quantitative estimate of drug-likeness (QED) is 0.206. The van der Waals surface area contributed by atoms with Crippen molar-refractivity contribution in [2.75, 3.05) is 11.5 Å². The third kappa shape index (κ3) is 14.0. The van der Waals surface area contributed by atoms with Gasteiger partial charge in [0, 0.05) is 20.6 Å². The zero-order valence-electron chi connectivity index (χ0n) is 11.8. The topological polar surface area (TPSA) is 356 Å². The van der Waals surface area contributed by atoms with E-state index in [1.807, 2.05) is 0 Å². The maximum absolute atomic E-state index is 10.1. The summed E-state index contributed by atoms with van der Waals surface area (Å²) in [7, 11) is -5.17. The maximum atomic E-state index is 10.1. The molecule has 0 aliphatic rings. The van der Waals surface area contributed by atoms with Gasteiger partial charge in [-0.2, -0.15) is 0 Å². The van der Waals surface area contributed by atoms with Gasteiger partial charge in [0.15, 0.2) is 0 Å². The molecule has 25 heavy (non-hydrogen) atoms. The molecular weight excluding hydrogens is 376 g/mol. The van der Waals surface area contributed by atoms with Gasteiger partial charge in [-0.1, -0.05) is 0 Å². The van der Waals surface area contributed by atoms with Crippen LogP contribution in [0.1, 0.15) is 21.2 Å². The first-order valence-corrected chi connectivity index (χ1v) is 6.33. The van der Waals surface area contributed by atoms with E-state index in [-0.39, 0.29) is 34.5 Å². The maximum Gasteiger partial charge on any atom is 0.396 e. The van der Waals surface area contributed by atoms with E-state index in [4.69, 9.17) is 39.2 Å². The summed E-state index contributed by atoms with van der Waals surface area (Å²) in [6.45, 7) is 0. The molecule has 0 aromatic carbocycles. The SMILES string of the molecule is Nc1n[nH]c(C(=O)O)[nH+]1.Nc1n[nH]c(C(=O)O)[nH+]1.O.O.O=S(=O)([O-])[O-]. The molecule has 0 fully saturated rings. The van der Waals surface area contributed by atoms with Crippen LogP contribution in [0.4, 0.5) is 11.9 Å². The summed E-state index contributed by atoms with van der Waals surface area (Å²) in [4.78, 5) is 24.7. The lowest BCUT2D eigenvalue weighted by Crippen LogP contribution is -2.16. The molecule has 2 aromatic heterocycles. The molecule has 0 aliphatic carbocycles. The van der Waals surface area contributed by atoms with Crippen molar-refractivity contribution < 1.29 is 58.2 Å². The number of aromatic carboxylic acids is 2. The molecule has 144 valence electrons. The molecule has 2 aromatic rings. The zero-order chi connectivity index (χ0) is 18.2. The van der Waals surface area contributed by atoms with E-state index in [0.29, 0.717) is 0 Å². The van der Waals surface area contributed by atoms with Crippen LogP contribution >= 0.6 is 0 Å². The van der Waals surface area contributed by atoms with E-state index in [2.05, 4.69) is 30.4 Å². The van der Waals surface area contributed by atoms with Crippen molar-refractivity contribution in [1.29, 1.82) is 0 Å². The van der Waals surface area contributed by atoms with Crippen LogP contribution in [0.3, 0.4) is 0 Å². The monoisotopic (exact) mass is 390 g/mol. The fourth-order valence-corrected chi connectivity index (χ4v) is 0.803. The van der Waals surface area contributed by atoms with E-state index in [1.165, 1.54) is 0 Å². The van der Waals surface area contributed by atoms with Gasteiger partial charge in [-0.05, 0) is 0 Å². The predicted molar refractivity (Wildman–Crippen MR) is 70.7 cm³/mol. The van der Waals surface area contributed by atoms with Crippen molar-refractivity contribution in [3.63, 3.8) is 0 Å². The number of carboxylic acid groups (broad SMARTS) is 2. The molecule has 0 aliphatic heterocycles. The molecule has 19 heteroatoms. The van der Waals surface area contributed by atoms with Crippen LogP contribution in [-0.2, 0) is 10.4 Å². The van der Waals surface area contributed by atoms with Gasteiger partial charge in [0.05, 0.1) is 0 Å². The Morgan fingerprint density at radius 1 is 0.920 bits per heavy atom. The van der Waals surface area contributed by atoms with E-state index in [0.717, 1.165) is 0 Å². The van der Waals surface area contributed by atoms with Gasteiger partial charge in [0.2, 0.25) is 0 Å². The van der Waals surface area contributed by atoms with Crippen molar-refractivity contribution in [3.8, 4) is 0 Å². The molecule has 0 radical (unpaired) electrons. The molecule has 0 atom stereocenters. The van der Waals surface area contributed by atoms with Crippen molar-refractivity contribution >= 4 is 34.2 Å². The van der Waals surface area contributed by atoms with Gasteiger partial charge in [0.1, 0.15) is 0 Å². The van der Waals surface area contributed by atoms with Crippen LogP contribution in [0, 0.1) is 0 Å². The molecule has 2 rings (SSSR count). The molecule has 2 heterocycles. The Kier molecular flexibility index (Phi) is 11.9. The highest BCUT2D eigenvalue weighted by molar-refractivity contribution is 7.79. The molecule has 14 N–H and O–H groups in total. The number of hydrogen-bond donors (Lipinski definition) is 6. The van der Waals surface area contributed by atoms with Gasteiger partial charge >= 0.3 is 35.5 Å². The molecule has 0 amide bonds. The number of carbonyl (C=O) groups is 2. The van der Waals surface area contributed by atoms with Gasteiger partial charge < -0.3 is 41.7 Å². The smallest absolute Gasteiger partial charge is 0.396 e. The summed E-state index contributed by atoms with van der Waals surface area (Å²) in [5.41, 5.74) is 10.1. The number of nitrogen functional groups attached to an aromatic ring is 2. The Hall–Kier alpha value is -3.39. The Balaban J connectivity index is -0.000000291. The number of carboxylic acids is 2. The first-order valence-electron chi connectivity index (χ1n) is 4.99. The number of nitrogens with zero attached hydrogens (tertiary/aromatic N) is 2. The highest BCUT2D eigenvalue weighted by Gasteiger charge is 2.12. The Bertz CT molecular complexity index is 710. The number of nitrogens with one attached hydrogen (secondary N) is 4. The normalized spacial score (nSPS) is 9.04. The Labute approximate surface area is 137 Å². The lowest BCUT2D eigenvalue weighted by atomic mass is 10.6. The average Bonchev–Trinajstić information content (AvgIpc) is 2.96. The summed E-state index contributed by atoms with van der Waals surface area (Å²) in [6, 6.07) is 0. The van der Waals surface area contributed by atoms with Gasteiger partial charge in [-0.3, -0.25) is 8.42 Å². The molecular formula is C6H14N8O10S. The first kappa shape index (κ1) is 26.5. The van der Waals surface area contributed by atoms with Crippen LogP contribution < -0.4 is 21.4 Å². The van der Waals surface area contributed by atoms with Gasteiger partial charge in [-0.15, -0.1) is 10.2 Å². The second-order valence-corrected chi connectivity index (χ2v) is 4.05. The summed E-state index contributed by atoms with van der Waals surface area (Å²) in [5.74, 6) is -2.33. The van der Waals surface area contributed by atoms with Gasteiger partial charge in [0.25, 0.3) is 0 Å². The third-order valence-electron chi connectivity index (χ3n) is 1.51. The van der Waals surface area contributed by atoms with E-state index in [1.54, 1.807) is 0 Å². The van der Waals surface area contributed by atoms with Crippen LogP contribution in [0.25, 0.3) is 0 Å². The summed E-state index contributed by atoms with van der Waals surface area (Å²) in [5, 5.41) is 27.5. The minimum atomic E-state index is -5.17. The largest absolute Gasteiger partial charge is 0.759 e. The van der Waals surface area contributed by atoms with Crippen LogP contribution in [0.15, 0.2) is 0 Å². The number of aromatic nitrogens is 6. The number of hydrogen-bond acceptors (Lipinski definition) is 10. The molecule has 18 nitrogen and oxygen atoms in total. The summed E-state index contributed by atoms with van der Waals surface area (Å²) < 4.78 is 34.1. The van der Waals surface area contributed by atoms with Gasteiger partial charge in [-0.25, -0.2) is 19.6 Å². The second kappa shape index (κ2) is 11.2. The van der Waals surface area contributed by atoms with E-state index >= 15 is 0 Å². The standard InChI is InChI=1S/2C3H4N4O2.H2O4S.2H2O/c2*4-3-5-1(2(8)9)6-7-3;1-5(2,3)4;;/h2*(H,8,9)(H3,4,5,6,7);(H2,1,2,3,4);2*1H2. The van der Waals surface area contributed by atoms with E-state index < -0.39 is 22.3 Å². The zero-order valence-corrected chi connectivity index (χ0v) is 12.6. The average molecular weight is 390 g/mol. The number of aromatic amines is 4. The van der Waals surface area contributed by atoms with Crippen LogP contribution in [0.2, 0.25) is 0 Å². The Morgan fingerprint density at radius 3 is 1.24 bits per heavy atom. The second-order valence-electron chi connectivity index (χ2n) is 3.24. The summed E-state index contributed by atoms with van der Waals surface area (Å²) >= 11 is 0. The highest BCUT2D eigenvalue weighted by atomic mass is 32.3. The lowest BCUT2D eigenvalue weighted by molar-refractivity contribution is -0.366. The number of H-pyrrole nitrogens is 4. The fourth-order valence-electron chi connectivity index (χ4n) is 0.803. The highest BCUT2D eigenvalue weighted by Crippen LogP contribution is 1.83. The fraction of sp³-hybridized carbons (Fsp3) is 0. The third-order valence-corrected chi connectivity index (χ3v) is 1.51. The Morgan fingerprint density at radius 2 is 1.16 bits per heavy atom. The number of anilines is 2. The molecule has 0 bridgehead atoms. The molecule has 0 saturated carbocycles. The van der Waals surface area contributed by atoms with Crippen molar-refractivity contribution in [2.45, 2.75) is 0 Å². The number of rotatable bonds is 2. The van der Waals surface area contributed by atoms with Crippen LogP contribution in [0.5, 0.6) is 0 Å². The molecule has 0 spiro atoms. The molecule has 0 saturated heterocycles. The minimum Gasteiger partial charge on any atom is -0.759 e.